The zero-order valence-corrected chi connectivity index (χ0v) is 12.8. The first-order chi connectivity index (χ1) is 11.8. The Morgan fingerprint density at radius 3 is 2.46 bits per heavy atom. The Bertz CT molecular complexity index is 941. The third-order valence-corrected chi connectivity index (χ3v) is 3.81. The number of aromatic nitrogens is 3. The van der Waals surface area contributed by atoms with Gasteiger partial charge in [0.15, 0.2) is 0 Å². The molecule has 0 atom stereocenters. The summed E-state index contributed by atoms with van der Waals surface area (Å²) in [6.45, 7) is -0.0145. The number of rotatable bonds is 4. The van der Waals surface area contributed by atoms with Crippen LogP contribution in [0.25, 0.3) is 28.5 Å². The van der Waals surface area contributed by atoms with Crippen LogP contribution in [0.1, 0.15) is 5.56 Å². The third kappa shape index (κ3) is 2.73. The molecule has 2 aromatic carbocycles. The molecule has 0 aliphatic heterocycles. The number of hydrogen-bond acceptors (Lipinski definition) is 4. The van der Waals surface area contributed by atoms with Crippen LogP contribution in [-0.2, 0) is 6.61 Å². The van der Waals surface area contributed by atoms with Crippen LogP contribution in [-0.4, -0.2) is 19.8 Å². The summed E-state index contributed by atoms with van der Waals surface area (Å²) in [6.07, 6.45) is 3.99. The molecular weight excluding hydrogens is 302 g/mol. The van der Waals surface area contributed by atoms with Crippen LogP contribution in [0, 0.1) is 0 Å². The molecule has 0 radical (unpaired) electrons. The highest BCUT2D eigenvalue weighted by atomic mass is 16.5. The van der Waals surface area contributed by atoms with Gasteiger partial charge in [0, 0.05) is 29.2 Å². The van der Waals surface area contributed by atoms with Crippen molar-refractivity contribution in [3.8, 4) is 28.5 Å². The van der Waals surface area contributed by atoms with Crippen LogP contribution in [0.2, 0.25) is 0 Å². The maximum Gasteiger partial charge on any atom is 0.258 e. The zero-order valence-electron chi connectivity index (χ0n) is 12.8. The van der Waals surface area contributed by atoms with Crippen molar-refractivity contribution in [2.45, 2.75) is 6.61 Å². The molecule has 2 heterocycles. The smallest absolute Gasteiger partial charge is 0.258 e. The van der Waals surface area contributed by atoms with Crippen molar-refractivity contribution >= 4 is 0 Å². The van der Waals surface area contributed by atoms with Gasteiger partial charge in [-0.2, -0.15) is 4.98 Å². The molecular formula is C19H15N3O2. The second-order valence-corrected chi connectivity index (χ2v) is 5.42. The van der Waals surface area contributed by atoms with E-state index >= 15 is 0 Å². The minimum Gasteiger partial charge on any atom is -0.392 e. The zero-order chi connectivity index (χ0) is 16.4. The van der Waals surface area contributed by atoms with Gasteiger partial charge in [0.25, 0.3) is 5.89 Å². The molecule has 0 spiro atoms. The topological polar surface area (TPSA) is 64.1 Å². The lowest BCUT2D eigenvalue weighted by molar-refractivity contribution is 0.282. The number of hydrogen-bond donors (Lipinski definition) is 1. The fourth-order valence-electron chi connectivity index (χ4n) is 2.55. The van der Waals surface area contributed by atoms with E-state index in [1.54, 1.807) is 0 Å². The minimum absolute atomic E-state index is 0.0145. The van der Waals surface area contributed by atoms with Crippen LogP contribution < -0.4 is 0 Å². The maximum absolute atomic E-state index is 9.23. The molecule has 0 fully saturated rings. The van der Waals surface area contributed by atoms with Gasteiger partial charge in [0.2, 0.25) is 5.82 Å². The lowest BCUT2D eigenvalue weighted by atomic mass is 10.1. The first-order valence-corrected chi connectivity index (χ1v) is 7.61. The summed E-state index contributed by atoms with van der Waals surface area (Å²) in [5, 5.41) is 13.3. The first-order valence-electron chi connectivity index (χ1n) is 7.61. The molecule has 0 unspecified atom stereocenters. The van der Waals surface area contributed by atoms with Crippen LogP contribution >= 0.6 is 0 Å². The molecule has 1 N–H and O–H groups in total. The van der Waals surface area contributed by atoms with Gasteiger partial charge in [-0.25, -0.2) is 0 Å². The molecule has 4 rings (SSSR count). The Balaban J connectivity index is 1.62. The number of nitrogens with zero attached hydrogens (tertiary/aromatic N) is 3. The third-order valence-electron chi connectivity index (χ3n) is 3.81. The van der Waals surface area contributed by atoms with Gasteiger partial charge in [-0.1, -0.05) is 23.4 Å². The molecule has 24 heavy (non-hydrogen) atoms. The van der Waals surface area contributed by atoms with Crippen molar-refractivity contribution in [2.75, 3.05) is 0 Å². The Morgan fingerprint density at radius 2 is 1.71 bits per heavy atom. The molecule has 0 amide bonds. The van der Waals surface area contributed by atoms with Gasteiger partial charge >= 0.3 is 0 Å². The summed E-state index contributed by atoms with van der Waals surface area (Å²) in [5.74, 6) is 0.980. The Kier molecular flexibility index (Phi) is 3.69. The summed E-state index contributed by atoms with van der Waals surface area (Å²) in [5.41, 5.74) is 3.57. The van der Waals surface area contributed by atoms with Crippen LogP contribution in [0.4, 0.5) is 0 Å². The molecule has 5 heteroatoms. The number of aliphatic hydroxyl groups is 1. The predicted octanol–water partition coefficient (Wildman–Crippen LogP) is 3.69. The van der Waals surface area contributed by atoms with E-state index in [1.165, 1.54) is 0 Å². The molecule has 2 aromatic heterocycles. The summed E-state index contributed by atoms with van der Waals surface area (Å²) >= 11 is 0. The van der Waals surface area contributed by atoms with E-state index in [1.807, 2.05) is 77.6 Å². The molecule has 5 nitrogen and oxygen atoms in total. The maximum atomic E-state index is 9.23. The van der Waals surface area contributed by atoms with Crippen molar-refractivity contribution in [3.05, 3.63) is 78.6 Å². The lowest BCUT2D eigenvalue weighted by Crippen LogP contribution is -1.89. The van der Waals surface area contributed by atoms with E-state index in [-0.39, 0.29) is 6.61 Å². The van der Waals surface area contributed by atoms with Crippen LogP contribution in [0.15, 0.2) is 77.6 Å². The summed E-state index contributed by atoms with van der Waals surface area (Å²) in [6, 6.07) is 19.3. The van der Waals surface area contributed by atoms with E-state index in [0.29, 0.717) is 11.7 Å². The predicted molar refractivity (Wildman–Crippen MR) is 90.4 cm³/mol. The number of benzene rings is 2. The van der Waals surface area contributed by atoms with Gasteiger partial charge in [0.05, 0.1) is 6.61 Å². The van der Waals surface area contributed by atoms with Crippen molar-refractivity contribution in [1.82, 2.24) is 14.7 Å². The average molecular weight is 317 g/mol. The van der Waals surface area contributed by atoms with Crippen molar-refractivity contribution in [1.29, 1.82) is 0 Å². The van der Waals surface area contributed by atoms with Gasteiger partial charge in [-0.05, 0) is 48.0 Å². The molecule has 0 saturated heterocycles. The Labute approximate surface area is 138 Å². The van der Waals surface area contributed by atoms with Crippen molar-refractivity contribution in [3.63, 3.8) is 0 Å². The lowest BCUT2D eigenvalue weighted by Gasteiger charge is -2.02. The SMILES string of the molecule is OCc1cccc(-c2noc(-c3ccc(-n4cccc4)cc3)n2)c1. The fraction of sp³-hybridized carbons (Fsp3) is 0.0526. The average Bonchev–Trinajstić information content (AvgIpc) is 3.34. The summed E-state index contributed by atoms with van der Waals surface area (Å²) in [4.78, 5) is 4.45. The first kappa shape index (κ1) is 14.4. The van der Waals surface area contributed by atoms with Gasteiger partial charge in [0.1, 0.15) is 0 Å². The van der Waals surface area contributed by atoms with Crippen LogP contribution in [0.5, 0.6) is 0 Å². The monoisotopic (exact) mass is 317 g/mol. The number of aliphatic hydroxyl groups excluding tert-OH is 1. The van der Waals surface area contributed by atoms with Gasteiger partial charge in [-0.15, -0.1) is 0 Å². The normalized spacial score (nSPS) is 10.9. The minimum atomic E-state index is -0.0145. The summed E-state index contributed by atoms with van der Waals surface area (Å²) < 4.78 is 7.41. The standard InChI is InChI=1S/C19H15N3O2/c23-13-14-4-3-5-16(12-14)18-20-19(24-21-18)15-6-8-17(9-7-15)22-10-1-2-11-22/h1-12,23H,13H2. The second kappa shape index (κ2) is 6.14. The van der Waals surface area contributed by atoms with E-state index < -0.39 is 0 Å². The van der Waals surface area contributed by atoms with E-state index in [2.05, 4.69) is 10.1 Å². The molecule has 0 aliphatic rings. The summed E-state index contributed by atoms with van der Waals surface area (Å²) in [7, 11) is 0. The second-order valence-electron chi connectivity index (χ2n) is 5.42. The van der Waals surface area contributed by atoms with E-state index in [4.69, 9.17) is 4.52 Å². The highest BCUT2D eigenvalue weighted by Crippen LogP contribution is 2.24. The molecule has 0 saturated carbocycles. The molecule has 118 valence electrons. The Hall–Kier alpha value is -3.18. The largest absolute Gasteiger partial charge is 0.392 e. The van der Waals surface area contributed by atoms with Crippen molar-refractivity contribution < 1.29 is 9.63 Å². The highest BCUT2D eigenvalue weighted by molar-refractivity contribution is 5.61. The van der Waals surface area contributed by atoms with Crippen LogP contribution in [0.3, 0.4) is 0 Å². The molecule has 0 bridgehead atoms. The van der Waals surface area contributed by atoms with Gasteiger partial charge in [-0.3, -0.25) is 0 Å². The quantitative estimate of drug-likeness (QED) is 0.623. The van der Waals surface area contributed by atoms with E-state index in [9.17, 15) is 5.11 Å². The van der Waals surface area contributed by atoms with Crippen molar-refractivity contribution in [2.24, 2.45) is 0 Å². The molecule has 0 aliphatic carbocycles. The van der Waals surface area contributed by atoms with Gasteiger partial charge < -0.3 is 14.2 Å². The highest BCUT2D eigenvalue weighted by Gasteiger charge is 2.11. The fourth-order valence-corrected chi connectivity index (χ4v) is 2.55. The Morgan fingerprint density at radius 1 is 0.917 bits per heavy atom. The molecule has 4 aromatic rings. The van der Waals surface area contributed by atoms with E-state index in [0.717, 1.165) is 22.4 Å².